The predicted molar refractivity (Wildman–Crippen MR) is 102 cm³/mol. The number of rotatable bonds is 4. The van der Waals surface area contributed by atoms with Crippen LogP contribution in [0.4, 0.5) is 0 Å². The fourth-order valence-corrected chi connectivity index (χ4v) is 3.76. The third-order valence-electron chi connectivity index (χ3n) is 5.08. The van der Waals surface area contributed by atoms with Crippen LogP contribution in [-0.4, -0.2) is 43.2 Å². The molecule has 0 saturated carbocycles. The number of carbonyl (C=O) groups excluding carboxylic acids is 1. The summed E-state index contributed by atoms with van der Waals surface area (Å²) >= 11 is 0. The maximum Gasteiger partial charge on any atom is 0.251 e. The molecule has 0 unspecified atom stereocenters. The van der Waals surface area contributed by atoms with E-state index in [4.69, 9.17) is 0 Å². The third kappa shape index (κ3) is 3.92. The van der Waals surface area contributed by atoms with Crippen LogP contribution in [0.3, 0.4) is 0 Å². The number of carbonyl (C=O) groups is 1. The van der Waals surface area contributed by atoms with Gasteiger partial charge >= 0.3 is 0 Å². The zero-order valence-corrected chi connectivity index (χ0v) is 15.4. The summed E-state index contributed by atoms with van der Waals surface area (Å²) < 4.78 is 1.97. The summed E-state index contributed by atoms with van der Waals surface area (Å²) in [6.45, 7) is 3.17. The predicted octanol–water partition coefficient (Wildman–Crippen LogP) is 2.06. The van der Waals surface area contributed by atoms with Crippen LogP contribution >= 0.6 is 0 Å². The molecule has 3 aromatic heterocycles. The van der Waals surface area contributed by atoms with Crippen LogP contribution in [0.1, 0.15) is 42.4 Å². The first kappa shape index (κ1) is 17.5. The number of fused-ring (bicyclic) bond motifs is 1. The lowest BCUT2D eigenvalue weighted by Crippen LogP contribution is -2.39. The van der Waals surface area contributed by atoms with Gasteiger partial charge in [-0.3, -0.25) is 9.59 Å². The summed E-state index contributed by atoms with van der Waals surface area (Å²) in [6.07, 6.45) is 6.89. The first-order chi connectivity index (χ1) is 13.1. The Morgan fingerprint density at radius 2 is 2.22 bits per heavy atom. The van der Waals surface area contributed by atoms with Gasteiger partial charge in [0.25, 0.3) is 5.56 Å². The van der Waals surface area contributed by atoms with Crippen molar-refractivity contribution in [2.24, 2.45) is 0 Å². The van der Waals surface area contributed by atoms with Crippen molar-refractivity contribution in [3.05, 3.63) is 64.2 Å². The van der Waals surface area contributed by atoms with Crippen molar-refractivity contribution >= 4 is 11.6 Å². The number of hydrogen-bond acceptors (Lipinski definition) is 4. The number of imidazole rings is 1. The van der Waals surface area contributed by atoms with E-state index in [2.05, 4.69) is 15.0 Å². The molecule has 0 aliphatic carbocycles. The highest BCUT2D eigenvalue weighted by Gasteiger charge is 2.26. The molecule has 1 saturated heterocycles. The number of nitrogens with one attached hydrogen (secondary N) is 1. The molecule has 7 nitrogen and oxygen atoms in total. The zero-order chi connectivity index (χ0) is 18.8. The number of aryl methyl sites for hydroxylation is 2. The molecule has 0 aromatic carbocycles. The number of pyridine rings is 1. The molecule has 140 valence electrons. The van der Waals surface area contributed by atoms with E-state index < -0.39 is 0 Å². The Bertz CT molecular complexity index is 989. The molecule has 0 spiro atoms. The van der Waals surface area contributed by atoms with Crippen LogP contribution < -0.4 is 5.56 Å². The van der Waals surface area contributed by atoms with E-state index in [0.29, 0.717) is 25.2 Å². The van der Waals surface area contributed by atoms with Crippen LogP contribution in [0.5, 0.6) is 0 Å². The van der Waals surface area contributed by atoms with Gasteiger partial charge in [0.2, 0.25) is 5.91 Å². The Kier molecular flexibility index (Phi) is 4.75. The summed E-state index contributed by atoms with van der Waals surface area (Å²) in [5.41, 5.74) is 2.48. The minimum Gasteiger partial charge on any atom is -0.342 e. The molecule has 0 radical (unpaired) electrons. The molecule has 0 bridgehead atoms. The quantitative estimate of drug-likeness (QED) is 0.767. The highest BCUT2D eigenvalue weighted by molar-refractivity contribution is 5.76. The van der Waals surface area contributed by atoms with Crippen molar-refractivity contribution in [1.29, 1.82) is 0 Å². The number of amides is 1. The molecule has 1 fully saturated rings. The van der Waals surface area contributed by atoms with Gasteiger partial charge in [0, 0.05) is 43.9 Å². The van der Waals surface area contributed by atoms with Crippen molar-refractivity contribution in [3.63, 3.8) is 0 Å². The van der Waals surface area contributed by atoms with Crippen molar-refractivity contribution in [3.8, 4) is 0 Å². The molecule has 1 aliphatic rings. The molecule has 1 aliphatic heterocycles. The monoisotopic (exact) mass is 365 g/mol. The van der Waals surface area contributed by atoms with Gasteiger partial charge in [-0.15, -0.1) is 0 Å². The van der Waals surface area contributed by atoms with Crippen molar-refractivity contribution in [2.75, 3.05) is 13.1 Å². The molecular weight excluding hydrogens is 342 g/mol. The van der Waals surface area contributed by atoms with Crippen LogP contribution in [0.15, 0.2) is 41.5 Å². The van der Waals surface area contributed by atoms with Crippen molar-refractivity contribution in [2.45, 2.75) is 38.5 Å². The fraction of sp³-hybridized carbons (Fsp3) is 0.400. The van der Waals surface area contributed by atoms with Gasteiger partial charge in [0.1, 0.15) is 11.5 Å². The fourth-order valence-electron chi connectivity index (χ4n) is 3.76. The van der Waals surface area contributed by atoms with E-state index in [1.54, 1.807) is 13.0 Å². The molecule has 4 rings (SSSR count). The van der Waals surface area contributed by atoms with Crippen LogP contribution in [0, 0.1) is 6.92 Å². The standard InChI is InChI=1S/C20H23N5O2/c1-14-21-17(11-19(26)22-14)15-5-4-10-25(12-15)20(27)8-7-16-13-24-9-3-2-6-18(24)23-16/h2-3,6,9,11,13,15H,4-5,7-8,10,12H2,1H3,(H,21,22,26)/t15-/m1/s1. The number of H-pyrrole nitrogens is 1. The van der Waals surface area contributed by atoms with Gasteiger partial charge in [-0.1, -0.05) is 6.07 Å². The second-order valence-corrected chi connectivity index (χ2v) is 7.13. The minimum atomic E-state index is -0.132. The van der Waals surface area contributed by atoms with E-state index in [0.717, 1.165) is 36.4 Å². The van der Waals surface area contributed by atoms with E-state index in [9.17, 15) is 9.59 Å². The van der Waals surface area contributed by atoms with Crippen LogP contribution in [0.25, 0.3) is 5.65 Å². The van der Waals surface area contributed by atoms with Gasteiger partial charge in [-0.2, -0.15) is 0 Å². The Morgan fingerprint density at radius 1 is 1.33 bits per heavy atom. The highest BCUT2D eigenvalue weighted by atomic mass is 16.2. The summed E-state index contributed by atoms with van der Waals surface area (Å²) in [4.78, 5) is 38.0. The second kappa shape index (κ2) is 7.34. The lowest BCUT2D eigenvalue weighted by atomic mass is 9.94. The number of likely N-dealkylation sites (tertiary alicyclic amines) is 1. The van der Waals surface area contributed by atoms with Gasteiger partial charge in [0.05, 0.1) is 11.4 Å². The van der Waals surface area contributed by atoms with Crippen LogP contribution in [-0.2, 0) is 11.2 Å². The van der Waals surface area contributed by atoms with Crippen molar-refractivity contribution in [1.82, 2.24) is 24.3 Å². The number of aromatic nitrogens is 4. The molecule has 7 heteroatoms. The van der Waals surface area contributed by atoms with Gasteiger partial charge in [-0.25, -0.2) is 9.97 Å². The van der Waals surface area contributed by atoms with E-state index in [-0.39, 0.29) is 17.4 Å². The average molecular weight is 365 g/mol. The molecule has 3 aromatic rings. The average Bonchev–Trinajstić information content (AvgIpc) is 3.08. The first-order valence-corrected chi connectivity index (χ1v) is 9.37. The summed E-state index contributed by atoms with van der Waals surface area (Å²) in [6, 6.07) is 7.43. The number of nitrogens with zero attached hydrogens (tertiary/aromatic N) is 4. The molecule has 1 amide bonds. The lowest BCUT2D eigenvalue weighted by molar-refractivity contribution is -0.132. The topological polar surface area (TPSA) is 83.4 Å². The Morgan fingerprint density at radius 3 is 3.04 bits per heavy atom. The van der Waals surface area contributed by atoms with E-state index in [1.807, 2.05) is 39.9 Å². The maximum atomic E-state index is 12.7. The van der Waals surface area contributed by atoms with Crippen molar-refractivity contribution < 1.29 is 4.79 Å². The smallest absolute Gasteiger partial charge is 0.251 e. The summed E-state index contributed by atoms with van der Waals surface area (Å²) in [5, 5.41) is 0. The normalized spacial score (nSPS) is 17.4. The summed E-state index contributed by atoms with van der Waals surface area (Å²) in [7, 11) is 0. The largest absolute Gasteiger partial charge is 0.342 e. The maximum absolute atomic E-state index is 12.7. The molecular formula is C20H23N5O2. The molecule has 27 heavy (non-hydrogen) atoms. The first-order valence-electron chi connectivity index (χ1n) is 9.37. The molecule has 1 N–H and O–H groups in total. The van der Waals surface area contributed by atoms with Gasteiger partial charge < -0.3 is 14.3 Å². The SMILES string of the molecule is Cc1nc([C@@H]2CCCN(C(=O)CCc3cn4ccccc4n3)C2)cc(=O)[nH]1. The molecule has 1 atom stereocenters. The summed E-state index contributed by atoms with van der Waals surface area (Å²) in [5.74, 6) is 0.880. The lowest BCUT2D eigenvalue weighted by Gasteiger charge is -2.32. The Labute approximate surface area is 157 Å². The third-order valence-corrected chi connectivity index (χ3v) is 5.08. The number of aromatic amines is 1. The van der Waals surface area contributed by atoms with Crippen LogP contribution in [0.2, 0.25) is 0 Å². The Balaban J connectivity index is 1.40. The van der Waals surface area contributed by atoms with E-state index >= 15 is 0 Å². The Hall–Kier alpha value is -2.96. The second-order valence-electron chi connectivity index (χ2n) is 7.13. The number of hydrogen-bond donors (Lipinski definition) is 1. The minimum absolute atomic E-state index is 0.124. The van der Waals surface area contributed by atoms with E-state index in [1.165, 1.54) is 0 Å². The number of piperidine rings is 1. The van der Waals surface area contributed by atoms with Gasteiger partial charge in [0.15, 0.2) is 0 Å². The highest BCUT2D eigenvalue weighted by Crippen LogP contribution is 2.25. The van der Waals surface area contributed by atoms with Gasteiger partial charge in [-0.05, 0) is 38.3 Å². The zero-order valence-electron chi connectivity index (χ0n) is 15.4. The molecule has 4 heterocycles.